The minimum Gasteiger partial charge on any atom is -0.370 e. The molecule has 1 radical (unpaired) electrons. The molecular weight excluding hydrogens is 146 g/mol. The Balaban J connectivity index is 2.06. The van der Waals surface area contributed by atoms with E-state index in [1.54, 1.807) is 0 Å². The van der Waals surface area contributed by atoms with Gasteiger partial charge < -0.3 is 4.90 Å². The molecule has 0 aliphatic carbocycles. The normalized spacial score (nSPS) is 20.3. The maximum Gasteiger partial charge on any atom is 0.0367 e. The Morgan fingerprint density at radius 3 is 2.33 bits per heavy atom. The van der Waals surface area contributed by atoms with Gasteiger partial charge in [0.25, 0.3) is 0 Å². The predicted octanol–water partition coefficient (Wildman–Crippen LogP) is 2.33. The summed E-state index contributed by atoms with van der Waals surface area (Å²) in [7, 11) is 0. The maximum absolute atomic E-state index is 3.03. The van der Waals surface area contributed by atoms with E-state index in [2.05, 4.69) is 36.9 Å². The molecule has 1 saturated heterocycles. The Labute approximate surface area is 74.0 Å². The van der Waals surface area contributed by atoms with E-state index in [0.29, 0.717) is 5.41 Å². The van der Waals surface area contributed by atoms with Gasteiger partial charge in [-0.2, -0.15) is 0 Å². The van der Waals surface area contributed by atoms with Crippen LogP contribution in [0.4, 0.5) is 5.69 Å². The standard InChI is InChI=1S/C11H14N/c1-11(2)8-12(9-11)10-6-4-3-5-7-10/h4-7H,8-9H2,1-2H3. The summed E-state index contributed by atoms with van der Waals surface area (Å²) in [6, 6.07) is 11.2. The molecule has 0 bridgehead atoms. The smallest absolute Gasteiger partial charge is 0.0367 e. The van der Waals surface area contributed by atoms with Crippen molar-refractivity contribution < 1.29 is 0 Å². The van der Waals surface area contributed by atoms with Gasteiger partial charge in [0.2, 0.25) is 0 Å². The van der Waals surface area contributed by atoms with E-state index in [4.69, 9.17) is 0 Å². The van der Waals surface area contributed by atoms with Gasteiger partial charge in [0.15, 0.2) is 0 Å². The Hall–Kier alpha value is -0.980. The van der Waals surface area contributed by atoms with Gasteiger partial charge in [-0.15, -0.1) is 0 Å². The molecule has 2 rings (SSSR count). The average molecular weight is 160 g/mol. The van der Waals surface area contributed by atoms with Crippen molar-refractivity contribution in [1.82, 2.24) is 0 Å². The maximum atomic E-state index is 3.03. The molecule has 1 heteroatoms. The van der Waals surface area contributed by atoms with Crippen LogP contribution >= 0.6 is 0 Å². The van der Waals surface area contributed by atoms with Crippen molar-refractivity contribution in [2.45, 2.75) is 13.8 Å². The van der Waals surface area contributed by atoms with Crippen molar-refractivity contribution in [3.05, 3.63) is 30.3 Å². The summed E-state index contributed by atoms with van der Waals surface area (Å²) >= 11 is 0. The Morgan fingerprint density at radius 1 is 1.25 bits per heavy atom. The number of nitrogens with zero attached hydrogens (tertiary/aromatic N) is 1. The van der Waals surface area contributed by atoms with E-state index < -0.39 is 0 Å². The summed E-state index contributed by atoms with van der Waals surface area (Å²) in [5.41, 5.74) is 1.84. The molecule has 12 heavy (non-hydrogen) atoms. The zero-order chi connectivity index (χ0) is 8.60. The highest BCUT2D eigenvalue weighted by molar-refractivity contribution is 5.48. The lowest BCUT2D eigenvalue weighted by molar-refractivity contribution is 0.276. The number of hydrogen-bond donors (Lipinski definition) is 0. The molecule has 1 heterocycles. The monoisotopic (exact) mass is 160 g/mol. The minimum absolute atomic E-state index is 0.513. The van der Waals surface area contributed by atoms with Gasteiger partial charge in [-0.1, -0.05) is 26.0 Å². The van der Waals surface area contributed by atoms with E-state index in [-0.39, 0.29) is 0 Å². The highest BCUT2D eigenvalue weighted by Crippen LogP contribution is 2.32. The molecule has 1 aliphatic rings. The van der Waals surface area contributed by atoms with Crippen LogP contribution in [0.5, 0.6) is 0 Å². The van der Waals surface area contributed by atoms with E-state index in [0.717, 1.165) is 0 Å². The third-order valence-electron chi connectivity index (χ3n) is 2.30. The fourth-order valence-electron chi connectivity index (χ4n) is 1.76. The van der Waals surface area contributed by atoms with E-state index in [1.165, 1.54) is 18.8 Å². The Morgan fingerprint density at radius 2 is 1.83 bits per heavy atom. The number of anilines is 1. The second-order valence-corrected chi connectivity index (χ2v) is 4.28. The van der Waals surface area contributed by atoms with Crippen LogP contribution < -0.4 is 4.90 Å². The molecule has 1 nitrogen and oxygen atoms in total. The van der Waals surface area contributed by atoms with Crippen LogP contribution in [0.3, 0.4) is 0 Å². The van der Waals surface area contributed by atoms with E-state index in [9.17, 15) is 0 Å². The van der Waals surface area contributed by atoms with Crippen molar-refractivity contribution in [2.24, 2.45) is 5.41 Å². The zero-order valence-corrected chi connectivity index (χ0v) is 7.67. The first-order valence-corrected chi connectivity index (χ1v) is 4.38. The first-order valence-electron chi connectivity index (χ1n) is 4.38. The zero-order valence-electron chi connectivity index (χ0n) is 7.67. The van der Waals surface area contributed by atoms with Crippen LogP contribution in [0.2, 0.25) is 0 Å². The summed E-state index contributed by atoms with van der Waals surface area (Å²) in [5, 5.41) is 0. The number of rotatable bonds is 1. The first kappa shape index (κ1) is 7.66. The predicted molar refractivity (Wildman–Crippen MR) is 51.3 cm³/mol. The van der Waals surface area contributed by atoms with Crippen LogP contribution in [-0.4, -0.2) is 13.1 Å². The SMILES string of the molecule is CC1(C)CN(c2cc[c]cc2)C1. The third kappa shape index (κ3) is 1.31. The minimum atomic E-state index is 0.513. The largest absolute Gasteiger partial charge is 0.370 e. The highest BCUT2D eigenvalue weighted by Gasteiger charge is 2.33. The molecule has 0 unspecified atom stereocenters. The number of benzene rings is 1. The lowest BCUT2D eigenvalue weighted by atomic mass is 9.84. The van der Waals surface area contributed by atoms with Crippen molar-refractivity contribution in [2.75, 3.05) is 18.0 Å². The molecule has 1 aliphatic heterocycles. The van der Waals surface area contributed by atoms with Crippen LogP contribution in [0.25, 0.3) is 0 Å². The third-order valence-corrected chi connectivity index (χ3v) is 2.30. The van der Waals surface area contributed by atoms with Crippen LogP contribution in [-0.2, 0) is 0 Å². The molecule has 1 aromatic carbocycles. The molecule has 0 spiro atoms. The molecule has 0 saturated carbocycles. The Bertz CT molecular complexity index is 256. The highest BCUT2D eigenvalue weighted by atomic mass is 15.2. The summed E-state index contributed by atoms with van der Waals surface area (Å²) in [6.07, 6.45) is 0. The van der Waals surface area contributed by atoms with Crippen molar-refractivity contribution in [3.63, 3.8) is 0 Å². The molecule has 0 atom stereocenters. The fraction of sp³-hybridized carbons (Fsp3) is 0.455. The molecular formula is C11H14N. The van der Waals surface area contributed by atoms with Crippen LogP contribution in [0, 0.1) is 11.5 Å². The Kier molecular flexibility index (Phi) is 1.60. The second-order valence-electron chi connectivity index (χ2n) is 4.28. The quantitative estimate of drug-likeness (QED) is 0.609. The number of hydrogen-bond acceptors (Lipinski definition) is 1. The topological polar surface area (TPSA) is 3.24 Å². The summed E-state index contributed by atoms with van der Waals surface area (Å²) in [4.78, 5) is 2.40. The summed E-state index contributed by atoms with van der Waals surface area (Å²) < 4.78 is 0. The van der Waals surface area contributed by atoms with Crippen molar-refractivity contribution in [1.29, 1.82) is 0 Å². The summed E-state index contributed by atoms with van der Waals surface area (Å²) in [6.45, 7) is 6.96. The van der Waals surface area contributed by atoms with Gasteiger partial charge in [-0.05, 0) is 23.6 Å². The van der Waals surface area contributed by atoms with Gasteiger partial charge in [-0.3, -0.25) is 0 Å². The molecule has 1 fully saturated rings. The van der Waals surface area contributed by atoms with Gasteiger partial charge >= 0.3 is 0 Å². The molecule has 0 aromatic heterocycles. The van der Waals surface area contributed by atoms with Gasteiger partial charge in [0.1, 0.15) is 0 Å². The lowest BCUT2D eigenvalue weighted by Gasteiger charge is -2.47. The van der Waals surface area contributed by atoms with Crippen LogP contribution in [0.1, 0.15) is 13.8 Å². The van der Waals surface area contributed by atoms with Crippen LogP contribution in [0.15, 0.2) is 24.3 Å². The van der Waals surface area contributed by atoms with Crippen molar-refractivity contribution in [3.8, 4) is 0 Å². The van der Waals surface area contributed by atoms with E-state index in [1.807, 2.05) is 12.1 Å². The summed E-state index contributed by atoms with van der Waals surface area (Å²) in [5.74, 6) is 0. The lowest BCUT2D eigenvalue weighted by Crippen LogP contribution is -2.53. The second kappa shape index (κ2) is 2.51. The molecule has 0 amide bonds. The van der Waals surface area contributed by atoms with Crippen molar-refractivity contribution >= 4 is 5.69 Å². The molecule has 1 aromatic rings. The molecule has 0 N–H and O–H groups in total. The fourth-order valence-corrected chi connectivity index (χ4v) is 1.76. The van der Waals surface area contributed by atoms with Gasteiger partial charge in [0.05, 0.1) is 0 Å². The molecule has 63 valence electrons. The van der Waals surface area contributed by atoms with E-state index >= 15 is 0 Å². The first-order chi connectivity index (χ1) is 5.67. The van der Waals surface area contributed by atoms with Gasteiger partial charge in [0, 0.05) is 18.8 Å². The average Bonchev–Trinajstić information content (AvgIpc) is 2.02. The van der Waals surface area contributed by atoms with Gasteiger partial charge in [-0.25, -0.2) is 0 Å².